The quantitative estimate of drug-likeness (QED) is 0.878. The van der Waals surface area contributed by atoms with Crippen molar-refractivity contribution in [2.45, 2.75) is 49.9 Å². The maximum atomic E-state index is 12.4. The minimum atomic E-state index is -3.37. The lowest BCUT2D eigenvalue weighted by molar-refractivity contribution is 0.249. The van der Waals surface area contributed by atoms with Gasteiger partial charge in [-0.25, -0.2) is 13.1 Å². The predicted molar refractivity (Wildman–Crippen MR) is 83.4 cm³/mol. The molecule has 0 aliphatic heterocycles. The molecule has 20 heavy (non-hydrogen) atoms. The second-order valence-corrected chi connectivity index (χ2v) is 8.78. The molecule has 0 spiro atoms. The lowest BCUT2D eigenvalue weighted by Crippen LogP contribution is -2.42. The molecule has 2 rings (SSSR count). The lowest BCUT2D eigenvalue weighted by atomic mass is 9.80. The van der Waals surface area contributed by atoms with Crippen molar-refractivity contribution < 1.29 is 8.42 Å². The van der Waals surface area contributed by atoms with Crippen LogP contribution in [0.3, 0.4) is 0 Å². The molecule has 3 atom stereocenters. The van der Waals surface area contributed by atoms with Crippen LogP contribution < -0.4 is 10.0 Å². The van der Waals surface area contributed by atoms with Gasteiger partial charge in [0, 0.05) is 12.6 Å². The Morgan fingerprint density at radius 1 is 1.35 bits per heavy atom. The molecular weight excluding hydrogens is 292 g/mol. The van der Waals surface area contributed by atoms with Crippen molar-refractivity contribution in [1.29, 1.82) is 0 Å². The van der Waals surface area contributed by atoms with Crippen LogP contribution in [0.1, 0.15) is 38.7 Å². The minimum absolute atomic E-state index is 0.0750. The lowest BCUT2D eigenvalue weighted by Gasteiger charge is -2.32. The van der Waals surface area contributed by atoms with E-state index in [4.69, 9.17) is 0 Å². The molecular formula is C14H24N2O2S2. The average Bonchev–Trinajstić information content (AvgIpc) is 2.83. The second kappa shape index (κ2) is 6.56. The smallest absolute Gasteiger partial charge is 0.250 e. The first-order valence-corrected chi connectivity index (χ1v) is 9.53. The Hall–Kier alpha value is -0.430. The largest absolute Gasteiger partial charge is 0.316 e. The van der Waals surface area contributed by atoms with Crippen LogP contribution in [0.4, 0.5) is 0 Å². The SMILES string of the molecule is CNCc1csc(S(=O)(=O)NC2CCC(C)CC2C)c1. The Morgan fingerprint density at radius 3 is 2.75 bits per heavy atom. The molecule has 3 unspecified atom stereocenters. The normalized spacial score (nSPS) is 27.6. The van der Waals surface area contributed by atoms with E-state index in [1.54, 1.807) is 6.07 Å². The summed E-state index contributed by atoms with van der Waals surface area (Å²) in [5, 5.41) is 4.93. The highest BCUT2D eigenvalue weighted by Crippen LogP contribution is 2.30. The Kier molecular flexibility index (Phi) is 5.23. The van der Waals surface area contributed by atoms with Crippen LogP contribution in [0.25, 0.3) is 0 Å². The predicted octanol–water partition coefficient (Wildman–Crippen LogP) is 2.57. The van der Waals surface area contributed by atoms with Crippen molar-refractivity contribution in [3.63, 3.8) is 0 Å². The highest BCUT2D eigenvalue weighted by Gasteiger charge is 2.29. The van der Waals surface area contributed by atoms with Crippen molar-refractivity contribution in [2.75, 3.05) is 7.05 Å². The van der Waals surface area contributed by atoms with Crippen molar-refractivity contribution in [3.8, 4) is 0 Å². The van der Waals surface area contributed by atoms with Crippen LogP contribution in [0, 0.1) is 11.8 Å². The van der Waals surface area contributed by atoms with Crippen molar-refractivity contribution in [2.24, 2.45) is 11.8 Å². The maximum Gasteiger partial charge on any atom is 0.250 e. The zero-order chi connectivity index (χ0) is 14.8. The average molecular weight is 316 g/mol. The van der Waals surface area contributed by atoms with Crippen LogP contribution in [0.5, 0.6) is 0 Å². The fraction of sp³-hybridized carbons (Fsp3) is 0.714. The zero-order valence-electron chi connectivity index (χ0n) is 12.3. The van der Waals surface area contributed by atoms with Crippen LogP contribution in [-0.4, -0.2) is 21.5 Å². The van der Waals surface area contributed by atoms with E-state index in [0.717, 1.165) is 24.8 Å². The molecule has 1 aromatic heterocycles. The third kappa shape index (κ3) is 3.81. The molecule has 6 heteroatoms. The molecule has 4 nitrogen and oxygen atoms in total. The van der Waals surface area contributed by atoms with Crippen LogP contribution >= 0.6 is 11.3 Å². The molecule has 0 amide bonds. The van der Waals surface area contributed by atoms with E-state index in [2.05, 4.69) is 23.9 Å². The van der Waals surface area contributed by atoms with Gasteiger partial charge in [-0.15, -0.1) is 11.3 Å². The van der Waals surface area contributed by atoms with E-state index in [1.807, 2.05) is 12.4 Å². The monoisotopic (exact) mass is 316 g/mol. The van der Waals surface area contributed by atoms with Gasteiger partial charge < -0.3 is 5.32 Å². The molecule has 2 N–H and O–H groups in total. The van der Waals surface area contributed by atoms with Crippen molar-refractivity contribution in [1.82, 2.24) is 10.0 Å². The van der Waals surface area contributed by atoms with Crippen LogP contribution in [-0.2, 0) is 16.6 Å². The van der Waals surface area contributed by atoms with Gasteiger partial charge in [-0.3, -0.25) is 0 Å². The highest BCUT2D eigenvalue weighted by atomic mass is 32.2. The second-order valence-electron chi connectivity index (χ2n) is 5.93. The third-order valence-corrected chi connectivity index (χ3v) is 6.99. The van der Waals surface area contributed by atoms with Gasteiger partial charge in [-0.05, 0) is 55.2 Å². The van der Waals surface area contributed by atoms with E-state index in [1.165, 1.54) is 11.3 Å². The molecule has 0 radical (unpaired) electrons. The summed E-state index contributed by atoms with van der Waals surface area (Å²) in [5.41, 5.74) is 1.02. The number of sulfonamides is 1. The van der Waals surface area contributed by atoms with E-state index in [-0.39, 0.29) is 6.04 Å². The number of nitrogens with one attached hydrogen (secondary N) is 2. The third-order valence-electron chi connectivity index (χ3n) is 4.01. The number of thiophene rings is 1. The number of hydrogen-bond acceptors (Lipinski definition) is 4. The first-order valence-electron chi connectivity index (χ1n) is 7.16. The number of hydrogen-bond donors (Lipinski definition) is 2. The van der Waals surface area contributed by atoms with Crippen LogP contribution in [0.15, 0.2) is 15.7 Å². The standard InChI is InChI=1S/C14H24N2O2S2/c1-10-4-5-13(11(2)6-10)16-20(17,18)14-7-12(8-15-3)9-19-14/h7,9-11,13,15-16H,4-6,8H2,1-3H3. The fourth-order valence-corrected chi connectivity index (χ4v) is 5.49. The molecule has 1 aromatic rings. The van der Waals surface area contributed by atoms with E-state index >= 15 is 0 Å². The minimum Gasteiger partial charge on any atom is -0.316 e. The molecule has 1 heterocycles. The van der Waals surface area contributed by atoms with Crippen molar-refractivity contribution >= 4 is 21.4 Å². The summed E-state index contributed by atoms with van der Waals surface area (Å²) < 4.78 is 28.2. The van der Waals surface area contributed by atoms with Gasteiger partial charge in [0.1, 0.15) is 4.21 Å². The molecule has 1 saturated carbocycles. The molecule has 114 valence electrons. The molecule has 1 aliphatic rings. The first kappa shape index (κ1) is 15.9. The van der Waals surface area contributed by atoms with E-state index < -0.39 is 10.0 Å². The Bertz CT molecular complexity index is 539. The van der Waals surface area contributed by atoms with Gasteiger partial charge >= 0.3 is 0 Å². The first-order chi connectivity index (χ1) is 9.42. The highest BCUT2D eigenvalue weighted by molar-refractivity contribution is 7.91. The van der Waals surface area contributed by atoms with Gasteiger partial charge in [0.15, 0.2) is 0 Å². The Balaban J connectivity index is 2.06. The summed E-state index contributed by atoms with van der Waals surface area (Å²) in [4.78, 5) is 0. The Labute approximate surface area is 126 Å². The van der Waals surface area contributed by atoms with Gasteiger partial charge in [-0.2, -0.15) is 0 Å². The Morgan fingerprint density at radius 2 is 2.10 bits per heavy atom. The van der Waals surface area contributed by atoms with Gasteiger partial charge in [-0.1, -0.05) is 13.8 Å². The fourth-order valence-electron chi connectivity index (χ4n) is 2.89. The van der Waals surface area contributed by atoms with Gasteiger partial charge in [0.05, 0.1) is 0 Å². The van der Waals surface area contributed by atoms with Crippen molar-refractivity contribution in [3.05, 3.63) is 17.0 Å². The van der Waals surface area contributed by atoms with Crippen LogP contribution in [0.2, 0.25) is 0 Å². The number of rotatable bonds is 5. The zero-order valence-corrected chi connectivity index (χ0v) is 14.0. The molecule has 1 fully saturated rings. The van der Waals surface area contributed by atoms with E-state index in [0.29, 0.717) is 22.6 Å². The summed E-state index contributed by atoms with van der Waals surface area (Å²) in [5.74, 6) is 1.11. The summed E-state index contributed by atoms with van der Waals surface area (Å²) in [7, 11) is -1.51. The van der Waals surface area contributed by atoms with Gasteiger partial charge in [0.25, 0.3) is 0 Å². The molecule has 0 saturated heterocycles. The summed E-state index contributed by atoms with van der Waals surface area (Å²) in [6.07, 6.45) is 3.14. The molecule has 0 aromatic carbocycles. The summed E-state index contributed by atoms with van der Waals surface area (Å²) in [6.45, 7) is 5.08. The summed E-state index contributed by atoms with van der Waals surface area (Å²) in [6, 6.07) is 1.84. The van der Waals surface area contributed by atoms with E-state index in [9.17, 15) is 8.42 Å². The molecule has 0 bridgehead atoms. The topological polar surface area (TPSA) is 58.2 Å². The summed E-state index contributed by atoms with van der Waals surface area (Å²) >= 11 is 1.30. The van der Waals surface area contributed by atoms with Gasteiger partial charge in [0.2, 0.25) is 10.0 Å². The molecule has 1 aliphatic carbocycles. The maximum absolute atomic E-state index is 12.4.